The van der Waals surface area contributed by atoms with Crippen molar-refractivity contribution in [2.24, 2.45) is 0 Å². The molecule has 9 heteroatoms. The summed E-state index contributed by atoms with van der Waals surface area (Å²) >= 11 is 0. The zero-order valence-electron chi connectivity index (χ0n) is 14.6. The Hall–Kier alpha value is -3.23. The van der Waals surface area contributed by atoms with E-state index >= 15 is 0 Å². The van der Waals surface area contributed by atoms with Crippen LogP contribution < -0.4 is 10.9 Å². The Bertz CT molecular complexity index is 875. The predicted octanol–water partition coefficient (Wildman–Crippen LogP) is -0.397. The molecule has 0 saturated carbocycles. The second-order valence-corrected chi connectivity index (χ2v) is 5.76. The first-order valence-corrected chi connectivity index (χ1v) is 7.97. The lowest BCUT2D eigenvalue weighted by molar-refractivity contribution is -0.148. The van der Waals surface area contributed by atoms with Gasteiger partial charge in [-0.25, -0.2) is 4.98 Å². The van der Waals surface area contributed by atoms with Gasteiger partial charge in [-0.2, -0.15) is 0 Å². The van der Waals surface area contributed by atoms with Crippen molar-refractivity contribution < 1.29 is 19.1 Å². The minimum absolute atomic E-state index is 0.0365. The second-order valence-electron chi connectivity index (χ2n) is 5.76. The van der Waals surface area contributed by atoms with Crippen LogP contribution in [0.2, 0.25) is 0 Å². The van der Waals surface area contributed by atoms with E-state index in [0.717, 1.165) is 0 Å². The summed E-state index contributed by atoms with van der Waals surface area (Å²) in [7, 11) is 3.14. The number of aryl methyl sites for hydroxylation is 1. The van der Waals surface area contributed by atoms with Gasteiger partial charge in [-0.1, -0.05) is 12.1 Å². The molecule has 138 valence electrons. The standard InChI is InChI=1S/C17H20N4O5/c1-21(2)15(23)9-18-14(22)10-26-16(24)8-7-13-19-12-6-4-3-5-11(12)17(25)20-13/h3-6H,7-10H2,1-2H3,(H,18,22)(H,19,20,25). The van der Waals surface area contributed by atoms with Crippen LogP contribution in [0.3, 0.4) is 0 Å². The van der Waals surface area contributed by atoms with E-state index in [2.05, 4.69) is 15.3 Å². The summed E-state index contributed by atoms with van der Waals surface area (Å²) < 4.78 is 4.84. The van der Waals surface area contributed by atoms with E-state index in [0.29, 0.717) is 16.7 Å². The van der Waals surface area contributed by atoms with Gasteiger partial charge in [0.05, 0.1) is 23.9 Å². The molecular formula is C17H20N4O5. The van der Waals surface area contributed by atoms with Crippen LogP contribution >= 0.6 is 0 Å². The number of carbonyl (C=O) groups excluding carboxylic acids is 3. The minimum atomic E-state index is -0.602. The molecule has 0 radical (unpaired) electrons. The van der Waals surface area contributed by atoms with E-state index in [1.54, 1.807) is 38.4 Å². The summed E-state index contributed by atoms with van der Waals surface area (Å²) in [4.78, 5) is 54.7. The molecule has 2 aromatic rings. The highest BCUT2D eigenvalue weighted by molar-refractivity contribution is 5.86. The number of carbonyl (C=O) groups is 3. The van der Waals surface area contributed by atoms with Gasteiger partial charge in [0.2, 0.25) is 5.91 Å². The Morgan fingerprint density at radius 2 is 1.96 bits per heavy atom. The molecule has 0 spiro atoms. The van der Waals surface area contributed by atoms with Gasteiger partial charge >= 0.3 is 5.97 Å². The maximum atomic E-state index is 11.9. The molecule has 1 aromatic heterocycles. The van der Waals surface area contributed by atoms with E-state index in [4.69, 9.17) is 4.74 Å². The molecule has 2 amide bonds. The Morgan fingerprint density at radius 1 is 1.23 bits per heavy atom. The first-order chi connectivity index (χ1) is 12.4. The number of ether oxygens (including phenoxy) is 1. The average molecular weight is 360 g/mol. The molecule has 2 rings (SSSR count). The van der Waals surface area contributed by atoms with Crippen molar-refractivity contribution in [3.05, 3.63) is 40.4 Å². The van der Waals surface area contributed by atoms with Crippen LogP contribution in [-0.2, 0) is 25.5 Å². The molecule has 0 bridgehead atoms. The number of esters is 1. The first kappa shape index (κ1) is 19.1. The Kier molecular flexibility index (Phi) is 6.42. The fourth-order valence-corrected chi connectivity index (χ4v) is 2.08. The van der Waals surface area contributed by atoms with Gasteiger partial charge in [-0.05, 0) is 12.1 Å². The summed E-state index contributed by atoms with van der Waals surface area (Å²) in [6.07, 6.45) is 0.144. The number of amides is 2. The van der Waals surface area contributed by atoms with E-state index in [1.165, 1.54) is 4.90 Å². The highest BCUT2D eigenvalue weighted by Gasteiger charge is 2.11. The van der Waals surface area contributed by atoms with Crippen LogP contribution in [0.1, 0.15) is 12.2 Å². The van der Waals surface area contributed by atoms with Gasteiger partial charge in [0.15, 0.2) is 6.61 Å². The third-order valence-electron chi connectivity index (χ3n) is 3.53. The van der Waals surface area contributed by atoms with Gasteiger partial charge in [-0.3, -0.25) is 19.2 Å². The number of benzene rings is 1. The molecule has 26 heavy (non-hydrogen) atoms. The smallest absolute Gasteiger partial charge is 0.306 e. The number of fused-ring (bicyclic) bond motifs is 1. The third-order valence-corrected chi connectivity index (χ3v) is 3.53. The number of H-pyrrole nitrogens is 1. The van der Waals surface area contributed by atoms with Crippen LogP contribution in [0, 0.1) is 0 Å². The molecule has 0 unspecified atom stereocenters. The molecule has 0 saturated heterocycles. The van der Waals surface area contributed by atoms with Crippen molar-refractivity contribution in [1.82, 2.24) is 20.2 Å². The maximum Gasteiger partial charge on any atom is 0.306 e. The molecule has 2 N–H and O–H groups in total. The van der Waals surface area contributed by atoms with Crippen LogP contribution in [-0.4, -0.2) is 59.9 Å². The van der Waals surface area contributed by atoms with Gasteiger partial charge in [-0.15, -0.1) is 0 Å². The number of aromatic nitrogens is 2. The highest BCUT2D eigenvalue weighted by atomic mass is 16.5. The molecule has 0 atom stereocenters. The summed E-state index contributed by atoms with van der Waals surface area (Å²) in [6.45, 7) is -0.632. The number of nitrogens with one attached hydrogen (secondary N) is 2. The minimum Gasteiger partial charge on any atom is -0.456 e. The number of likely N-dealkylation sites (N-methyl/N-ethyl adjacent to an activating group) is 1. The molecule has 0 aliphatic carbocycles. The SMILES string of the molecule is CN(C)C(=O)CNC(=O)COC(=O)CCc1nc2ccccc2c(=O)[nH]1. The van der Waals surface area contributed by atoms with E-state index < -0.39 is 18.5 Å². The van der Waals surface area contributed by atoms with Crippen LogP contribution in [0.4, 0.5) is 0 Å². The average Bonchev–Trinajstić information content (AvgIpc) is 2.62. The summed E-state index contributed by atoms with van der Waals surface area (Å²) in [5, 5.41) is 2.83. The molecule has 0 aliphatic rings. The number of rotatable bonds is 7. The fraction of sp³-hybridized carbons (Fsp3) is 0.353. The lowest BCUT2D eigenvalue weighted by atomic mass is 10.2. The van der Waals surface area contributed by atoms with Gasteiger partial charge in [0.25, 0.3) is 11.5 Å². The van der Waals surface area contributed by atoms with Crippen molar-refractivity contribution in [2.45, 2.75) is 12.8 Å². The quantitative estimate of drug-likeness (QED) is 0.648. The van der Waals surface area contributed by atoms with Crippen molar-refractivity contribution in [2.75, 3.05) is 27.2 Å². The molecule has 9 nitrogen and oxygen atoms in total. The monoisotopic (exact) mass is 360 g/mol. The van der Waals surface area contributed by atoms with Gasteiger partial charge in [0, 0.05) is 20.5 Å². The molecule has 1 aromatic carbocycles. The Labute approximate surface area is 149 Å². The zero-order valence-corrected chi connectivity index (χ0v) is 14.6. The number of nitrogens with zero attached hydrogens (tertiary/aromatic N) is 2. The molecule has 0 fully saturated rings. The third kappa shape index (κ3) is 5.40. The highest BCUT2D eigenvalue weighted by Crippen LogP contribution is 2.06. The molecular weight excluding hydrogens is 340 g/mol. The van der Waals surface area contributed by atoms with Crippen LogP contribution in [0.5, 0.6) is 0 Å². The second kappa shape index (κ2) is 8.75. The number of hydrogen-bond acceptors (Lipinski definition) is 6. The van der Waals surface area contributed by atoms with Crippen molar-refractivity contribution in [1.29, 1.82) is 0 Å². The first-order valence-electron chi connectivity index (χ1n) is 7.97. The number of aromatic amines is 1. The van der Waals surface area contributed by atoms with E-state index in [1.807, 2.05) is 0 Å². The van der Waals surface area contributed by atoms with Crippen molar-refractivity contribution >= 4 is 28.7 Å². The van der Waals surface area contributed by atoms with Crippen molar-refractivity contribution in [3.8, 4) is 0 Å². The lowest BCUT2D eigenvalue weighted by Crippen LogP contribution is -2.38. The van der Waals surface area contributed by atoms with Gasteiger partial charge in [0.1, 0.15) is 5.82 Å². The maximum absolute atomic E-state index is 11.9. The van der Waals surface area contributed by atoms with E-state index in [-0.39, 0.29) is 30.9 Å². The lowest BCUT2D eigenvalue weighted by Gasteiger charge is -2.11. The van der Waals surface area contributed by atoms with E-state index in [9.17, 15) is 19.2 Å². The normalized spacial score (nSPS) is 10.4. The van der Waals surface area contributed by atoms with Crippen LogP contribution in [0.15, 0.2) is 29.1 Å². The topological polar surface area (TPSA) is 121 Å². The van der Waals surface area contributed by atoms with Gasteiger partial charge < -0.3 is 19.9 Å². The van der Waals surface area contributed by atoms with Crippen LogP contribution in [0.25, 0.3) is 10.9 Å². The summed E-state index contributed by atoms with van der Waals surface area (Å²) in [5.41, 5.74) is 0.272. The summed E-state index contributed by atoms with van der Waals surface area (Å²) in [5.74, 6) is -1.07. The Balaban J connectivity index is 1.79. The summed E-state index contributed by atoms with van der Waals surface area (Å²) in [6, 6.07) is 6.89. The molecule has 1 heterocycles. The predicted molar refractivity (Wildman–Crippen MR) is 93.3 cm³/mol. The largest absolute Gasteiger partial charge is 0.456 e. The fourth-order valence-electron chi connectivity index (χ4n) is 2.08. The number of hydrogen-bond donors (Lipinski definition) is 2. The molecule has 0 aliphatic heterocycles. The zero-order chi connectivity index (χ0) is 19.1. The Morgan fingerprint density at radius 3 is 2.69 bits per heavy atom. The van der Waals surface area contributed by atoms with Crippen molar-refractivity contribution in [3.63, 3.8) is 0 Å². The number of para-hydroxylation sites is 1.